The zero-order valence-electron chi connectivity index (χ0n) is 10.0. The number of nitrogens with two attached hydrogens (primary N) is 1. The molecule has 16 heavy (non-hydrogen) atoms. The number of piperidine rings is 1. The van der Waals surface area contributed by atoms with Gasteiger partial charge in [-0.25, -0.2) is 0 Å². The fraction of sp³-hybridized carbons (Fsp3) is 0.818. The molecule has 0 aromatic rings. The molecular weight excluding hydrogens is 206 g/mol. The van der Waals surface area contributed by atoms with Gasteiger partial charge in [-0.15, -0.1) is 0 Å². The van der Waals surface area contributed by atoms with E-state index in [-0.39, 0.29) is 18.2 Å². The van der Waals surface area contributed by atoms with Crippen molar-refractivity contribution < 1.29 is 9.59 Å². The Bertz CT molecular complexity index is 270. The number of primary amides is 1. The van der Waals surface area contributed by atoms with Crippen molar-refractivity contribution >= 4 is 11.8 Å². The SMILES string of the molecule is CC(C)(CC(N)=O)NC(=O)[C@@H]1CCCNC1. The van der Waals surface area contributed by atoms with Gasteiger partial charge in [-0.05, 0) is 33.2 Å². The number of carbonyl (C=O) groups excluding carboxylic acids is 2. The van der Waals surface area contributed by atoms with E-state index >= 15 is 0 Å². The summed E-state index contributed by atoms with van der Waals surface area (Å²) in [5, 5.41) is 6.07. The van der Waals surface area contributed by atoms with E-state index < -0.39 is 11.4 Å². The van der Waals surface area contributed by atoms with Crippen molar-refractivity contribution in [3.05, 3.63) is 0 Å². The molecule has 0 aliphatic carbocycles. The monoisotopic (exact) mass is 227 g/mol. The van der Waals surface area contributed by atoms with E-state index in [0.29, 0.717) is 0 Å². The van der Waals surface area contributed by atoms with Crippen LogP contribution in [-0.2, 0) is 9.59 Å². The standard InChI is InChI=1S/C11H21N3O2/c1-11(2,6-9(12)15)14-10(16)8-4-3-5-13-7-8/h8,13H,3-7H2,1-2H3,(H2,12,15)(H,14,16)/t8-/m1/s1. The molecule has 1 heterocycles. The number of nitrogens with one attached hydrogen (secondary N) is 2. The van der Waals surface area contributed by atoms with Crippen molar-refractivity contribution in [1.82, 2.24) is 10.6 Å². The minimum Gasteiger partial charge on any atom is -0.370 e. The number of carbonyl (C=O) groups is 2. The van der Waals surface area contributed by atoms with Gasteiger partial charge in [0.25, 0.3) is 0 Å². The summed E-state index contributed by atoms with van der Waals surface area (Å²) < 4.78 is 0. The van der Waals surface area contributed by atoms with Crippen LogP contribution in [0, 0.1) is 5.92 Å². The molecule has 2 amide bonds. The van der Waals surface area contributed by atoms with Gasteiger partial charge in [0.1, 0.15) is 0 Å². The Morgan fingerprint density at radius 3 is 2.69 bits per heavy atom. The van der Waals surface area contributed by atoms with E-state index in [4.69, 9.17) is 5.73 Å². The van der Waals surface area contributed by atoms with Gasteiger partial charge in [0.15, 0.2) is 0 Å². The maximum Gasteiger partial charge on any atom is 0.224 e. The number of rotatable bonds is 4. The lowest BCUT2D eigenvalue weighted by atomic mass is 9.95. The summed E-state index contributed by atoms with van der Waals surface area (Å²) in [6, 6.07) is 0. The lowest BCUT2D eigenvalue weighted by Gasteiger charge is -2.29. The average molecular weight is 227 g/mol. The molecule has 0 saturated carbocycles. The molecule has 0 aromatic carbocycles. The molecule has 1 aliphatic rings. The minimum absolute atomic E-state index is 0.0125. The lowest BCUT2D eigenvalue weighted by Crippen LogP contribution is -2.50. The molecule has 1 saturated heterocycles. The molecule has 5 nitrogen and oxygen atoms in total. The molecular formula is C11H21N3O2. The van der Waals surface area contributed by atoms with E-state index in [1.165, 1.54) is 0 Å². The quantitative estimate of drug-likeness (QED) is 0.619. The summed E-state index contributed by atoms with van der Waals surface area (Å²) in [6.45, 7) is 5.32. The van der Waals surface area contributed by atoms with Crippen LogP contribution in [0.1, 0.15) is 33.1 Å². The van der Waals surface area contributed by atoms with E-state index in [0.717, 1.165) is 25.9 Å². The maximum absolute atomic E-state index is 11.9. The van der Waals surface area contributed by atoms with Gasteiger partial charge >= 0.3 is 0 Å². The Kier molecular flexibility index (Phi) is 4.29. The minimum atomic E-state index is -0.555. The summed E-state index contributed by atoms with van der Waals surface area (Å²) in [7, 11) is 0. The molecule has 1 fully saturated rings. The van der Waals surface area contributed by atoms with Crippen LogP contribution in [-0.4, -0.2) is 30.4 Å². The van der Waals surface area contributed by atoms with Crippen LogP contribution < -0.4 is 16.4 Å². The first-order chi connectivity index (χ1) is 7.41. The predicted octanol–water partition coefficient (Wildman–Crippen LogP) is -0.244. The second kappa shape index (κ2) is 5.30. The summed E-state index contributed by atoms with van der Waals surface area (Å²) in [5.41, 5.74) is 4.57. The molecule has 1 rings (SSSR count). The first-order valence-electron chi connectivity index (χ1n) is 5.72. The summed E-state index contributed by atoms with van der Waals surface area (Å²) >= 11 is 0. The van der Waals surface area contributed by atoms with Gasteiger partial charge < -0.3 is 16.4 Å². The Morgan fingerprint density at radius 1 is 1.50 bits per heavy atom. The van der Waals surface area contributed by atoms with Gasteiger partial charge in [0.05, 0.1) is 5.92 Å². The Labute approximate surface area is 96.1 Å². The van der Waals surface area contributed by atoms with Crippen LogP contribution in [0.25, 0.3) is 0 Å². The van der Waals surface area contributed by atoms with Gasteiger partial charge in [0, 0.05) is 18.5 Å². The zero-order valence-corrected chi connectivity index (χ0v) is 10.0. The van der Waals surface area contributed by atoms with E-state index in [2.05, 4.69) is 10.6 Å². The second-order valence-corrected chi connectivity index (χ2v) is 5.06. The smallest absolute Gasteiger partial charge is 0.224 e. The number of hydrogen-bond donors (Lipinski definition) is 3. The highest BCUT2D eigenvalue weighted by molar-refractivity contribution is 5.81. The third-order valence-corrected chi connectivity index (χ3v) is 2.75. The fourth-order valence-electron chi connectivity index (χ4n) is 1.99. The number of hydrogen-bond acceptors (Lipinski definition) is 3. The van der Waals surface area contributed by atoms with Crippen LogP contribution in [0.3, 0.4) is 0 Å². The fourth-order valence-corrected chi connectivity index (χ4v) is 1.99. The van der Waals surface area contributed by atoms with E-state index in [1.54, 1.807) is 0 Å². The highest BCUT2D eigenvalue weighted by Crippen LogP contribution is 2.14. The molecule has 1 atom stereocenters. The van der Waals surface area contributed by atoms with Gasteiger partial charge in [-0.2, -0.15) is 0 Å². The van der Waals surface area contributed by atoms with Crippen molar-refractivity contribution in [3.8, 4) is 0 Å². The van der Waals surface area contributed by atoms with Crippen LogP contribution >= 0.6 is 0 Å². The van der Waals surface area contributed by atoms with E-state index in [9.17, 15) is 9.59 Å². The third kappa shape index (κ3) is 4.18. The van der Waals surface area contributed by atoms with Crippen LogP contribution in [0.2, 0.25) is 0 Å². The third-order valence-electron chi connectivity index (χ3n) is 2.75. The predicted molar refractivity (Wildman–Crippen MR) is 61.6 cm³/mol. The summed E-state index contributed by atoms with van der Waals surface area (Å²) in [6.07, 6.45) is 2.10. The Balaban J connectivity index is 2.45. The van der Waals surface area contributed by atoms with Gasteiger partial charge in [-0.3, -0.25) is 9.59 Å². The van der Waals surface area contributed by atoms with E-state index in [1.807, 2.05) is 13.8 Å². The first-order valence-corrected chi connectivity index (χ1v) is 5.72. The molecule has 0 bridgehead atoms. The van der Waals surface area contributed by atoms with Crippen LogP contribution in [0.4, 0.5) is 0 Å². The highest BCUT2D eigenvalue weighted by atomic mass is 16.2. The number of amides is 2. The average Bonchev–Trinajstić information content (AvgIpc) is 2.16. The highest BCUT2D eigenvalue weighted by Gasteiger charge is 2.27. The van der Waals surface area contributed by atoms with Crippen molar-refractivity contribution in [2.45, 2.75) is 38.6 Å². The van der Waals surface area contributed by atoms with Crippen molar-refractivity contribution in [2.75, 3.05) is 13.1 Å². The molecule has 0 spiro atoms. The molecule has 4 N–H and O–H groups in total. The normalized spacial score (nSPS) is 21.5. The van der Waals surface area contributed by atoms with Gasteiger partial charge in [0.2, 0.25) is 11.8 Å². The topological polar surface area (TPSA) is 84.2 Å². The van der Waals surface area contributed by atoms with Crippen molar-refractivity contribution in [2.24, 2.45) is 11.7 Å². The zero-order chi connectivity index (χ0) is 12.2. The molecule has 0 aromatic heterocycles. The molecule has 92 valence electrons. The Morgan fingerprint density at radius 2 is 2.19 bits per heavy atom. The van der Waals surface area contributed by atoms with Crippen LogP contribution in [0.15, 0.2) is 0 Å². The molecule has 0 radical (unpaired) electrons. The second-order valence-electron chi connectivity index (χ2n) is 5.06. The first kappa shape index (κ1) is 13.0. The molecule has 0 unspecified atom stereocenters. The molecule has 5 heteroatoms. The van der Waals surface area contributed by atoms with Crippen molar-refractivity contribution in [3.63, 3.8) is 0 Å². The summed E-state index contributed by atoms with van der Waals surface area (Å²) in [4.78, 5) is 22.7. The maximum atomic E-state index is 11.9. The van der Waals surface area contributed by atoms with Gasteiger partial charge in [-0.1, -0.05) is 0 Å². The Hall–Kier alpha value is -1.10. The largest absolute Gasteiger partial charge is 0.370 e. The molecule has 1 aliphatic heterocycles. The lowest BCUT2D eigenvalue weighted by molar-refractivity contribution is -0.127. The summed E-state index contributed by atoms with van der Waals surface area (Å²) in [5.74, 6) is -0.369. The van der Waals surface area contributed by atoms with Crippen molar-refractivity contribution in [1.29, 1.82) is 0 Å². The van der Waals surface area contributed by atoms with Crippen LogP contribution in [0.5, 0.6) is 0 Å².